The molecule has 0 aliphatic carbocycles. The van der Waals surface area contributed by atoms with Gasteiger partial charge in [-0.05, 0) is 43.9 Å². The minimum absolute atomic E-state index is 0.415. The van der Waals surface area contributed by atoms with Crippen LogP contribution in [0.25, 0.3) is 10.9 Å². The topological polar surface area (TPSA) is 74.4 Å². The fraction of sp³-hybridized carbons (Fsp3) is 0.333. The molecule has 0 atom stereocenters. The number of fused-ring (bicyclic) bond motifs is 1. The summed E-state index contributed by atoms with van der Waals surface area (Å²) in [7, 11) is 0. The van der Waals surface area contributed by atoms with Crippen molar-refractivity contribution in [2.45, 2.75) is 26.2 Å². The number of carbonyl (C=O) groups is 1. The molecule has 2 aromatic rings. The summed E-state index contributed by atoms with van der Waals surface area (Å²) in [5.74, 6) is 0.207. The molecular weight excluding hydrogens is 328 g/mol. The Bertz CT molecular complexity index is 769. The monoisotopic (exact) mass is 354 g/mol. The molecule has 1 aromatic heterocycles. The van der Waals surface area contributed by atoms with Gasteiger partial charge in [-0.1, -0.05) is 30.4 Å². The molecule has 0 saturated carbocycles. The molecule has 0 aliphatic heterocycles. The average Bonchev–Trinajstić information content (AvgIpc) is 2.62. The molecule has 2 rings (SSSR count). The number of rotatable bonds is 11. The van der Waals surface area contributed by atoms with E-state index in [-0.39, 0.29) is 0 Å². The van der Waals surface area contributed by atoms with Gasteiger partial charge in [-0.25, -0.2) is 4.98 Å². The van der Waals surface area contributed by atoms with E-state index in [2.05, 4.69) is 4.98 Å². The van der Waals surface area contributed by atoms with E-state index in [1.54, 1.807) is 0 Å². The van der Waals surface area contributed by atoms with Gasteiger partial charge in [-0.2, -0.15) is 0 Å². The summed E-state index contributed by atoms with van der Waals surface area (Å²) in [6, 6.07) is 11.8. The molecule has 1 heterocycles. The number of nitrogens with zero attached hydrogens (tertiary/aromatic N) is 1. The summed E-state index contributed by atoms with van der Waals surface area (Å²) < 4.78 is 11.2. The quantitative estimate of drug-likeness (QED) is 0.378. The number of para-hydroxylation sites is 1. The lowest BCUT2D eigenvalue weighted by Crippen LogP contribution is -2.08. The van der Waals surface area contributed by atoms with E-state index < -0.39 is 5.91 Å². The van der Waals surface area contributed by atoms with Crippen LogP contribution >= 0.6 is 0 Å². The van der Waals surface area contributed by atoms with Crippen LogP contribution in [0.1, 0.15) is 26.2 Å². The zero-order valence-electron chi connectivity index (χ0n) is 15.2. The van der Waals surface area contributed by atoms with Gasteiger partial charge in [0.1, 0.15) is 6.61 Å². The summed E-state index contributed by atoms with van der Waals surface area (Å²) in [4.78, 5) is 15.2. The third-order valence-corrected chi connectivity index (χ3v) is 3.71. The summed E-state index contributed by atoms with van der Waals surface area (Å²) in [6.45, 7) is 3.60. The summed E-state index contributed by atoms with van der Waals surface area (Å²) in [5.41, 5.74) is 6.88. The van der Waals surface area contributed by atoms with Crippen LogP contribution in [0.5, 0.6) is 5.88 Å². The number of primary amides is 1. The second kappa shape index (κ2) is 11.1. The second-order valence-corrected chi connectivity index (χ2v) is 5.99. The Morgan fingerprint density at radius 1 is 1.12 bits per heavy atom. The van der Waals surface area contributed by atoms with Gasteiger partial charge < -0.3 is 15.2 Å². The maximum Gasteiger partial charge on any atom is 0.241 e. The summed E-state index contributed by atoms with van der Waals surface area (Å²) >= 11 is 0. The SMILES string of the molecule is CC(C=CCCCCOCCOc1ccc2ccccc2n1)=CC(N)=O. The van der Waals surface area contributed by atoms with Crippen molar-refractivity contribution in [2.24, 2.45) is 5.73 Å². The Balaban J connectivity index is 1.52. The van der Waals surface area contributed by atoms with E-state index in [1.165, 1.54) is 6.08 Å². The molecule has 0 spiro atoms. The smallest absolute Gasteiger partial charge is 0.241 e. The highest BCUT2D eigenvalue weighted by molar-refractivity contribution is 5.86. The largest absolute Gasteiger partial charge is 0.475 e. The van der Waals surface area contributed by atoms with Crippen LogP contribution in [0.2, 0.25) is 0 Å². The van der Waals surface area contributed by atoms with Gasteiger partial charge in [0.15, 0.2) is 0 Å². The van der Waals surface area contributed by atoms with Crippen molar-refractivity contribution in [3.63, 3.8) is 0 Å². The van der Waals surface area contributed by atoms with Crippen LogP contribution in [-0.2, 0) is 9.53 Å². The number of ether oxygens (including phenoxy) is 2. The van der Waals surface area contributed by atoms with Gasteiger partial charge >= 0.3 is 0 Å². The number of nitrogens with two attached hydrogens (primary N) is 1. The molecule has 0 radical (unpaired) electrons. The first kappa shape index (κ1) is 19.7. The van der Waals surface area contributed by atoms with E-state index in [0.29, 0.717) is 25.7 Å². The number of carbonyl (C=O) groups excluding carboxylic acids is 1. The first-order chi connectivity index (χ1) is 12.6. The molecule has 1 amide bonds. The second-order valence-electron chi connectivity index (χ2n) is 5.99. The molecule has 26 heavy (non-hydrogen) atoms. The maximum atomic E-state index is 10.7. The van der Waals surface area contributed by atoms with Gasteiger partial charge in [0.05, 0.1) is 12.1 Å². The first-order valence-electron chi connectivity index (χ1n) is 8.86. The molecular formula is C21H26N2O3. The zero-order chi connectivity index (χ0) is 18.6. The molecule has 0 fully saturated rings. The average molecular weight is 354 g/mol. The summed E-state index contributed by atoms with van der Waals surface area (Å²) in [5, 5.41) is 1.10. The van der Waals surface area contributed by atoms with Crippen LogP contribution < -0.4 is 10.5 Å². The Hall–Kier alpha value is -2.66. The molecule has 2 N–H and O–H groups in total. The van der Waals surface area contributed by atoms with Crippen molar-refractivity contribution >= 4 is 16.8 Å². The van der Waals surface area contributed by atoms with Gasteiger partial charge in [-0.3, -0.25) is 4.79 Å². The number of hydrogen-bond acceptors (Lipinski definition) is 4. The predicted octanol–water partition coefficient (Wildman–Crippen LogP) is 3.79. The normalized spacial score (nSPS) is 12.0. The number of hydrogen-bond donors (Lipinski definition) is 1. The van der Waals surface area contributed by atoms with Crippen molar-refractivity contribution in [1.29, 1.82) is 0 Å². The number of amides is 1. The van der Waals surface area contributed by atoms with Crippen LogP contribution in [0, 0.1) is 0 Å². The zero-order valence-corrected chi connectivity index (χ0v) is 15.2. The van der Waals surface area contributed by atoms with E-state index >= 15 is 0 Å². The number of pyridine rings is 1. The minimum Gasteiger partial charge on any atom is -0.475 e. The molecule has 0 unspecified atom stereocenters. The lowest BCUT2D eigenvalue weighted by atomic mass is 10.2. The van der Waals surface area contributed by atoms with Gasteiger partial charge in [0.25, 0.3) is 0 Å². The highest BCUT2D eigenvalue weighted by Crippen LogP contribution is 2.15. The third-order valence-electron chi connectivity index (χ3n) is 3.71. The van der Waals surface area contributed by atoms with Gasteiger partial charge in [-0.15, -0.1) is 0 Å². The van der Waals surface area contributed by atoms with E-state index in [4.69, 9.17) is 15.2 Å². The molecule has 138 valence electrons. The number of aromatic nitrogens is 1. The Kier molecular flexibility index (Phi) is 8.36. The molecule has 0 aliphatic rings. The minimum atomic E-state index is -0.415. The van der Waals surface area contributed by atoms with Crippen LogP contribution in [0.3, 0.4) is 0 Å². The Labute approximate surface area is 154 Å². The maximum absolute atomic E-state index is 10.7. The standard InChI is InChI=1S/C21H26N2O3/c1-17(16-20(22)24)8-4-2-3-7-13-25-14-15-26-21-12-11-18-9-5-6-10-19(18)23-21/h4-6,8-12,16H,2-3,7,13-15H2,1H3,(H2,22,24). The number of unbranched alkanes of at least 4 members (excludes halogenated alkanes) is 2. The van der Waals surface area contributed by atoms with Crippen LogP contribution in [-0.4, -0.2) is 30.7 Å². The highest BCUT2D eigenvalue weighted by atomic mass is 16.5. The lowest BCUT2D eigenvalue weighted by molar-refractivity contribution is -0.113. The fourth-order valence-electron chi connectivity index (χ4n) is 2.44. The molecule has 1 aromatic carbocycles. The lowest BCUT2D eigenvalue weighted by Gasteiger charge is -2.07. The van der Waals surface area contributed by atoms with Gasteiger partial charge in [0, 0.05) is 24.1 Å². The number of allylic oxidation sites excluding steroid dienone is 3. The van der Waals surface area contributed by atoms with Crippen molar-refractivity contribution in [3.05, 3.63) is 60.2 Å². The molecule has 5 heteroatoms. The van der Waals surface area contributed by atoms with E-state index in [9.17, 15) is 4.79 Å². The van der Waals surface area contributed by atoms with Crippen molar-refractivity contribution < 1.29 is 14.3 Å². The van der Waals surface area contributed by atoms with Gasteiger partial charge in [0.2, 0.25) is 11.8 Å². The molecule has 0 bridgehead atoms. The Morgan fingerprint density at radius 3 is 2.81 bits per heavy atom. The third kappa shape index (κ3) is 7.49. The molecule has 0 saturated heterocycles. The van der Waals surface area contributed by atoms with Crippen molar-refractivity contribution in [2.75, 3.05) is 19.8 Å². The summed E-state index contributed by atoms with van der Waals surface area (Å²) in [6.07, 6.45) is 8.35. The van der Waals surface area contributed by atoms with E-state index in [1.807, 2.05) is 55.5 Å². The highest BCUT2D eigenvalue weighted by Gasteiger charge is 1.98. The fourth-order valence-corrected chi connectivity index (χ4v) is 2.44. The van der Waals surface area contributed by atoms with E-state index in [0.717, 1.165) is 35.7 Å². The molecule has 5 nitrogen and oxygen atoms in total. The van der Waals surface area contributed by atoms with Crippen LogP contribution in [0.15, 0.2) is 60.2 Å². The van der Waals surface area contributed by atoms with Crippen LogP contribution in [0.4, 0.5) is 0 Å². The number of benzene rings is 1. The van der Waals surface area contributed by atoms with Crippen molar-refractivity contribution in [3.8, 4) is 5.88 Å². The predicted molar refractivity (Wildman–Crippen MR) is 104 cm³/mol. The Morgan fingerprint density at radius 2 is 1.96 bits per heavy atom. The first-order valence-corrected chi connectivity index (χ1v) is 8.86. The van der Waals surface area contributed by atoms with Crippen molar-refractivity contribution in [1.82, 2.24) is 4.98 Å².